The Bertz CT molecular complexity index is 1270. The molecule has 0 radical (unpaired) electrons. The number of aryl methyl sites for hydroxylation is 1. The smallest absolute Gasteiger partial charge is 0.377 e. The first-order chi connectivity index (χ1) is 15.3. The van der Waals surface area contributed by atoms with E-state index in [9.17, 15) is 13.2 Å². The van der Waals surface area contributed by atoms with E-state index in [4.69, 9.17) is 9.84 Å². The second kappa shape index (κ2) is 7.59. The summed E-state index contributed by atoms with van der Waals surface area (Å²) in [6.07, 6.45) is -1.87. The van der Waals surface area contributed by atoms with Crippen molar-refractivity contribution in [2.45, 2.75) is 26.1 Å². The van der Waals surface area contributed by atoms with Crippen molar-refractivity contribution in [3.63, 3.8) is 0 Å². The predicted molar refractivity (Wildman–Crippen MR) is 111 cm³/mol. The van der Waals surface area contributed by atoms with Crippen molar-refractivity contribution in [2.24, 2.45) is 0 Å². The SMILES string of the molecule is Cc1nc(-c2ccn[nH]2)n2nc(N3CCOC[C@H]3C)cc(-c3cccnc3C(F)(F)F)c12. The van der Waals surface area contributed by atoms with Crippen LogP contribution in [0.4, 0.5) is 19.0 Å². The number of morpholine rings is 1. The average Bonchev–Trinajstić information content (AvgIpc) is 3.41. The summed E-state index contributed by atoms with van der Waals surface area (Å²) >= 11 is 0. The van der Waals surface area contributed by atoms with Crippen LogP contribution in [0.15, 0.2) is 36.7 Å². The number of ether oxygens (including phenoxy) is 1. The molecule has 0 aromatic carbocycles. The molecular weight excluding hydrogens is 423 g/mol. The molecule has 4 aromatic heterocycles. The summed E-state index contributed by atoms with van der Waals surface area (Å²) in [6.45, 7) is 5.33. The van der Waals surface area contributed by atoms with E-state index in [1.807, 2.05) is 11.8 Å². The molecule has 166 valence electrons. The number of hydrogen-bond acceptors (Lipinski definition) is 6. The van der Waals surface area contributed by atoms with Gasteiger partial charge in [0, 0.05) is 30.1 Å². The van der Waals surface area contributed by atoms with Crippen molar-refractivity contribution < 1.29 is 17.9 Å². The van der Waals surface area contributed by atoms with Gasteiger partial charge in [-0.1, -0.05) is 6.07 Å². The number of aromatic nitrogens is 6. The van der Waals surface area contributed by atoms with E-state index in [0.29, 0.717) is 53.9 Å². The first-order valence-corrected chi connectivity index (χ1v) is 10.1. The van der Waals surface area contributed by atoms with Gasteiger partial charge in [-0.3, -0.25) is 10.1 Å². The third kappa shape index (κ3) is 3.38. The fourth-order valence-corrected chi connectivity index (χ4v) is 4.07. The second-order valence-corrected chi connectivity index (χ2v) is 7.68. The fourth-order valence-electron chi connectivity index (χ4n) is 4.07. The molecule has 5 heterocycles. The highest BCUT2D eigenvalue weighted by Crippen LogP contribution is 2.39. The summed E-state index contributed by atoms with van der Waals surface area (Å²) in [5.41, 5.74) is 1.05. The minimum absolute atomic E-state index is 0.0118. The Kier molecular flexibility index (Phi) is 4.85. The van der Waals surface area contributed by atoms with Crippen molar-refractivity contribution in [3.8, 4) is 22.6 Å². The number of nitrogens with one attached hydrogen (secondary N) is 1. The molecule has 0 aliphatic carbocycles. The Morgan fingerprint density at radius 2 is 2.03 bits per heavy atom. The van der Waals surface area contributed by atoms with Gasteiger partial charge in [0.25, 0.3) is 0 Å². The van der Waals surface area contributed by atoms with Gasteiger partial charge in [-0.2, -0.15) is 18.3 Å². The van der Waals surface area contributed by atoms with E-state index in [2.05, 4.69) is 20.2 Å². The zero-order valence-electron chi connectivity index (χ0n) is 17.4. The van der Waals surface area contributed by atoms with Crippen molar-refractivity contribution in [3.05, 3.63) is 48.0 Å². The molecule has 1 fully saturated rings. The molecule has 0 amide bonds. The highest BCUT2D eigenvalue weighted by molar-refractivity contribution is 5.86. The second-order valence-electron chi connectivity index (χ2n) is 7.68. The molecule has 1 saturated heterocycles. The fraction of sp³-hybridized carbons (Fsp3) is 0.333. The van der Waals surface area contributed by atoms with E-state index < -0.39 is 11.9 Å². The van der Waals surface area contributed by atoms with Crippen LogP contribution in [0.3, 0.4) is 0 Å². The van der Waals surface area contributed by atoms with E-state index in [1.165, 1.54) is 12.1 Å². The van der Waals surface area contributed by atoms with Crippen LogP contribution in [0.2, 0.25) is 0 Å². The lowest BCUT2D eigenvalue weighted by atomic mass is 10.0. The average molecular weight is 443 g/mol. The van der Waals surface area contributed by atoms with Crippen molar-refractivity contribution in [2.75, 3.05) is 24.7 Å². The number of aromatic amines is 1. The van der Waals surface area contributed by atoms with E-state index in [0.717, 1.165) is 6.20 Å². The summed E-state index contributed by atoms with van der Waals surface area (Å²) in [6, 6.07) is 6.37. The molecule has 0 spiro atoms. The molecule has 5 rings (SSSR count). The molecule has 1 N–H and O–H groups in total. The number of rotatable bonds is 3. The number of imidazole rings is 1. The molecule has 1 aliphatic heterocycles. The third-order valence-electron chi connectivity index (χ3n) is 5.53. The normalized spacial score (nSPS) is 17.3. The van der Waals surface area contributed by atoms with Gasteiger partial charge in [0.2, 0.25) is 0 Å². The number of fused-ring (bicyclic) bond motifs is 1. The van der Waals surface area contributed by atoms with E-state index in [1.54, 1.807) is 29.8 Å². The van der Waals surface area contributed by atoms with Gasteiger partial charge in [-0.25, -0.2) is 9.50 Å². The van der Waals surface area contributed by atoms with Crippen molar-refractivity contribution >= 4 is 11.3 Å². The molecule has 32 heavy (non-hydrogen) atoms. The van der Waals surface area contributed by atoms with Gasteiger partial charge in [0.1, 0.15) is 5.69 Å². The monoisotopic (exact) mass is 443 g/mol. The van der Waals surface area contributed by atoms with Crippen LogP contribution >= 0.6 is 0 Å². The molecule has 0 bridgehead atoms. The standard InChI is InChI=1S/C21H20F3N7O/c1-12-11-32-9-8-30(12)17-10-15(14-4-3-6-25-19(14)21(22,23)24)18-13(2)27-20(31(18)29-17)16-5-7-26-28-16/h3-7,10,12H,8-9,11H2,1-2H3,(H,26,28)/t12-/m1/s1. The Balaban J connectivity index is 1.83. The highest BCUT2D eigenvalue weighted by Gasteiger charge is 2.36. The van der Waals surface area contributed by atoms with Crippen LogP contribution in [0.5, 0.6) is 0 Å². The largest absolute Gasteiger partial charge is 0.433 e. The zero-order chi connectivity index (χ0) is 22.5. The Morgan fingerprint density at radius 1 is 1.19 bits per heavy atom. The summed E-state index contributed by atoms with van der Waals surface area (Å²) < 4.78 is 48.6. The van der Waals surface area contributed by atoms with Crippen LogP contribution in [-0.4, -0.2) is 55.6 Å². The number of H-pyrrole nitrogens is 1. The molecule has 4 aromatic rings. The minimum Gasteiger partial charge on any atom is -0.377 e. The van der Waals surface area contributed by atoms with Crippen LogP contribution in [0, 0.1) is 6.92 Å². The number of anilines is 1. The summed E-state index contributed by atoms with van der Waals surface area (Å²) in [5.74, 6) is 1.01. The number of nitrogens with zero attached hydrogens (tertiary/aromatic N) is 6. The van der Waals surface area contributed by atoms with Gasteiger partial charge >= 0.3 is 6.18 Å². The van der Waals surface area contributed by atoms with Gasteiger partial charge in [0.15, 0.2) is 17.3 Å². The van der Waals surface area contributed by atoms with Crippen LogP contribution in [-0.2, 0) is 10.9 Å². The van der Waals surface area contributed by atoms with Gasteiger partial charge < -0.3 is 9.64 Å². The van der Waals surface area contributed by atoms with E-state index >= 15 is 0 Å². The van der Waals surface area contributed by atoms with Gasteiger partial charge in [-0.05, 0) is 32.0 Å². The summed E-state index contributed by atoms with van der Waals surface area (Å²) in [5, 5.41) is 11.6. The number of alkyl halides is 3. The van der Waals surface area contributed by atoms with Crippen molar-refractivity contribution in [1.29, 1.82) is 0 Å². The van der Waals surface area contributed by atoms with Gasteiger partial charge in [0.05, 0.1) is 30.5 Å². The Hall–Kier alpha value is -3.47. The maximum atomic E-state index is 13.8. The molecule has 8 nitrogen and oxygen atoms in total. The van der Waals surface area contributed by atoms with Crippen LogP contribution in [0.25, 0.3) is 28.2 Å². The first kappa shape index (κ1) is 20.4. The Labute approximate surface area is 181 Å². The first-order valence-electron chi connectivity index (χ1n) is 10.1. The lowest BCUT2D eigenvalue weighted by Gasteiger charge is -2.34. The quantitative estimate of drug-likeness (QED) is 0.520. The summed E-state index contributed by atoms with van der Waals surface area (Å²) in [7, 11) is 0. The Morgan fingerprint density at radius 3 is 2.75 bits per heavy atom. The lowest BCUT2D eigenvalue weighted by molar-refractivity contribution is -0.140. The van der Waals surface area contributed by atoms with E-state index in [-0.39, 0.29) is 11.6 Å². The number of hydrogen-bond donors (Lipinski definition) is 1. The number of pyridine rings is 1. The molecule has 0 saturated carbocycles. The molecular formula is C21H20F3N7O. The van der Waals surface area contributed by atoms with Crippen molar-refractivity contribution in [1.82, 2.24) is 29.8 Å². The summed E-state index contributed by atoms with van der Waals surface area (Å²) in [4.78, 5) is 10.3. The minimum atomic E-state index is -4.61. The molecule has 0 unspecified atom stereocenters. The maximum Gasteiger partial charge on any atom is 0.433 e. The molecule has 1 atom stereocenters. The van der Waals surface area contributed by atoms with Crippen LogP contribution < -0.4 is 4.90 Å². The highest BCUT2D eigenvalue weighted by atomic mass is 19.4. The zero-order valence-corrected chi connectivity index (χ0v) is 17.4. The predicted octanol–water partition coefficient (Wildman–Crippen LogP) is 3.73. The lowest BCUT2D eigenvalue weighted by Crippen LogP contribution is -2.44. The van der Waals surface area contributed by atoms with Gasteiger partial charge in [-0.15, -0.1) is 5.10 Å². The topological polar surface area (TPSA) is 84.2 Å². The number of halogens is 3. The molecule has 11 heteroatoms. The third-order valence-corrected chi connectivity index (χ3v) is 5.53. The molecule has 1 aliphatic rings. The van der Waals surface area contributed by atoms with Crippen LogP contribution in [0.1, 0.15) is 18.3 Å². The maximum absolute atomic E-state index is 13.8.